The molecule has 8 rings (SSSR count). The molecule has 1 aromatic carbocycles. The fourth-order valence-electron chi connectivity index (χ4n) is 8.58. The zero-order chi connectivity index (χ0) is 21.4. The van der Waals surface area contributed by atoms with E-state index in [1.54, 1.807) is 7.11 Å². The topological polar surface area (TPSA) is 62.2 Å². The van der Waals surface area contributed by atoms with Gasteiger partial charge in [0.25, 0.3) is 0 Å². The number of methoxy groups -OCH3 is 1. The van der Waals surface area contributed by atoms with Gasteiger partial charge in [0.1, 0.15) is 11.7 Å². The zero-order valence-corrected chi connectivity index (χ0v) is 18.7. The van der Waals surface area contributed by atoms with Gasteiger partial charge in [0.15, 0.2) is 11.5 Å². The molecule has 7 aliphatic rings. The molecule has 2 unspecified atom stereocenters. The number of hydrogen-bond acceptors (Lipinski definition) is 5. The highest BCUT2D eigenvalue weighted by Gasteiger charge is 2.80. The largest absolute Gasteiger partial charge is 0.504 e. The molecule has 1 aromatic rings. The number of ether oxygens (including phenoxy) is 2. The van der Waals surface area contributed by atoms with E-state index in [9.17, 15) is 10.2 Å². The molecule has 3 fully saturated rings. The molecule has 0 amide bonds. The van der Waals surface area contributed by atoms with Gasteiger partial charge >= 0.3 is 0 Å². The zero-order valence-electron chi connectivity index (χ0n) is 18.7. The van der Waals surface area contributed by atoms with Crippen LogP contribution in [0.2, 0.25) is 0 Å². The van der Waals surface area contributed by atoms with Crippen molar-refractivity contribution in [1.29, 1.82) is 0 Å². The highest BCUT2D eigenvalue weighted by atomic mass is 16.6. The number of likely N-dealkylation sites (tertiary alicyclic amines) is 1. The fourth-order valence-corrected chi connectivity index (χ4v) is 8.58. The third-order valence-electron chi connectivity index (χ3n) is 9.96. The second-order valence-electron chi connectivity index (χ2n) is 11.7. The summed E-state index contributed by atoms with van der Waals surface area (Å²) >= 11 is 0. The maximum Gasteiger partial charge on any atom is 0.165 e. The molecular formula is C26H33NO4. The average Bonchev–Trinajstić information content (AvgIpc) is 3.47. The van der Waals surface area contributed by atoms with Crippen LogP contribution in [0.3, 0.4) is 0 Å². The summed E-state index contributed by atoms with van der Waals surface area (Å²) in [5.74, 6) is 1.68. The first kappa shape index (κ1) is 19.0. The van der Waals surface area contributed by atoms with Gasteiger partial charge in [0, 0.05) is 36.6 Å². The molecule has 1 saturated heterocycles. The summed E-state index contributed by atoms with van der Waals surface area (Å²) in [6, 6.07) is 4.33. The average molecular weight is 424 g/mol. The third-order valence-corrected chi connectivity index (χ3v) is 9.96. The van der Waals surface area contributed by atoms with Crippen LogP contribution in [0.25, 0.3) is 0 Å². The van der Waals surface area contributed by atoms with E-state index in [0.29, 0.717) is 11.8 Å². The highest BCUT2D eigenvalue weighted by Crippen LogP contribution is 2.75. The number of aliphatic hydroxyl groups is 1. The van der Waals surface area contributed by atoms with Gasteiger partial charge in [-0.05, 0) is 70.0 Å². The van der Waals surface area contributed by atoms with E-state index in [-0.39, 0.29) is 28.6 Å². The summed E-state index contributed by atoms with van der Waals surface area (Å²) in [7, 11) is 1.76. The molecule has 6 atom stereocenters. The number of phenolic OH excluding ortho intramolecular Hbond substituents is 1. The fraction of sp³-hybridized carbons (Fsp3) is 0.692. The van der Waals surface area contributed by atoms with Gasteiger partial charge in [-0.1, -0.05) is 18.2 Å². The predicted molar refractivity (Wildman–Crippen MR) is 116 cm³/mol. The molecule has 31 heavy (non-hydrogen) atoms. The first-order valence-electron chi connectivity index (χ1n) is 12.0. The van der Waals surface area contributed by atoms with Crippen LogP contribution < -0.4 is 4.74 Å². The van der Waals surface area contributed by atoms with Crippen molar-refractivity contribution in [2.75, 3.05) is 20.2 Å². The Morgan fingerprint density at radius 1 is 1.26 bits per heavy atom. The maximum absolute atomic E-state index is 11.3. The quantitative estimate of drug-likeness (QED) is 0.729. The van der Waals surface area contributed by atoms with Gasteiger partial charge in [0.05, 0.1) is 11.0 Å². The van der Waals surface area contributed by atoms with Crippen molar-refractivity contribution in [1.82, 2.24) is 4.90 Å². The van der Waals surface area contributed by atoms with E-state index >= 15 is 0 Å². The van der Waals surface area contributed by atoms with Crippen molar-refractivity contribution in [2.24, 2.45) is 17.3 Å². The van der Waals surface area contributed by atoms with Gasteiger partial charge in [-0.25, -0.2) is 0 Å². The Morgan fingerprint density at radius 3 is 2.77 bits per heavy atom. The molecule has 5 aliphatic carbocycles. The van der Waals surface area contributed by atoms with Crippen LogP contribution in [0, 0.1) is 17.3 Å². The first-order valence-corrected chi connectivity index (χ1v) is 12.0. The Balaban J connectivity index is 1.51. The van der Waals surface area contributed by atoms with Crippen molar-refractivity contribution >= 4 is 0 Å². The minimum absolute atomic E-state index is 0.0745. The van der Waals surface area contributed by atoms with E-state index in [1.807, 2.05) is 19.9 Å². The molecule has 0 aromatic heterocycles. The summed E-state index contributed by atoms with van der Waals surface area (Å²) in [6.45, 7) is 6.09. The van der Waals surface area contributed by atoms with E-state index < -0.39 is 11.2 Å². The molecule has 5 heteroatoms. The Morgan fingerprint density at radius 2 is 2.06 bits per heavy atom. The number of phenols is 1. The van der Waals surface area contributed by atoms with E-state index in [4.69, 9.17) is 9.47 Å². The summed E-state index contributed by atoms with van der Waals surface area (Å²) in [5.41, 5.74) is 0.654. The number of fused-ring (bicyclic) bond motifs is 1. The van der Waals surface area contributed by atoms with Crippen LogP contribution in [-0.2, 0) is 16.6 Å². The number of piperidine rings is 1. The molecule has 2 aliphatic heterocycles. The molecule has 2 N–H and O–H groups in total. The molecule has 2 heterocycles. The standard InChI is InChI=1S/C26H33NO4/c1-23(2,29)18-13-24-8-9-26(18,30-3)22-25(24)10-11-27(14-15-4-5-15)19(24)12-16-6-7-17(28)21(31-22)20(16)25/h6-9,15,18-19,22,28-29H,4-5,10-14H2,1-3H3/t18?,19-,22-,24?,25+,26+/m1/s1. The van der Waals surface area contributed by atoms with Gasteiger partial charge < -0.3 is 19.7 Å². The van der Waals surface area contributed by atoms with Crippen molar-refractivity contribution in [2.45, 2.75) is 74.7 Å². The Kier molecular flexibility index (Phi) is 3.36. The molecule has 0 radical (unpaired) electrons. The molecule has 4 bridgehead atoms. The molecule has 2 saturated carbocycles. The number of hydrogen-bond donors (Lipinski definition) is 2. The van der Waals surface area contributed by atoms with Crippen LogP contribution in [-0.4, -0.2) is 58.7 Å². The SMILES string of the molecule is CO[C@@]12C=CC3(CC1C(C)(C)O)[C@H]1Cc4ccc(O)c5c4[C@@]3(CCN1CC1CC1)[C@H]2O5. The van der Waals surface area contributed by atoms with Gasteiger partial charge in [-0.15, -0.1) is 0 Å². The minimum atomic E-state index is -0.897. The van der Waals surface area contributed by atoms with Crippen molar-refractivity contribution in [3.05, 3.63) is 35.4 Å². The van der Waals surface area contributed by atoms with Crippen molar-refractivity contribution < 1.29 is 19.7 Å². The van der Waals surface area contributed by atoms with Crippen LogP contribution in [0.5, 0.6) is 11.5 Å². The normalized spacial score (nSPS) is 44.3. The molecule has 5 nitrogen and oxygen atoms in total. The second-order valence-corrected chi connectivity index (χ2v) is 11.7. The summed E-state index contributed by atoms with van der Waals surface area (Å²) in [4.78, 5) is 2.75. The van der Waals surface area contributed by atoms with Gasteiger partial charge in [0.2, 0.25) is 0 Å². The highest BCUT2D eigenvalue weighted by molar-refractivity contribution is 5.65. The van der Waals surface area contributed by atoms with Gasteiger partial charge in [-0.3, -0.25) is 4.90 Å². The predicted octanol–water partition coefficient (Wildman–Crippen LogP) is 3.16. The number of aromatic hydroxyl groups is 1. The van der Waals surface area contributed by atoms with Crippen LogP contribution in [0.15, 0.2) is 24.3 Å². The summed E-state index contributed by atoms with van der Waals surface area (Å²) < 4.78 is 13.1. The lowest BCUT2D eigenvalue weighted by atomic mass is 9.36. The Hall–Kier alpha value is -1.56. The lowest BCUT2D eigenvalue weighted by Gasteiger charge is -2.72. The van der Waals surface area contributed by atoms with Crippen molar-refractivity contribution in [3.63, 3.8) is 0 Å². The first-order chi connectivity index (χ1) is 14.8. The minimum Gasteiger partial charge on any atom is -0.504 e. The Bertz CT molecular complexity index is 1010. The third kappa shape index (κ3) is 1.97. The van der Waals surface area contributed by atoms with Crippen LogP contribution in [0.1, 0.15) is 50.7 Å². The number of rotatable bonds is 4. The molecule has 2 spiro atoms. The Labute approximate surface area is 184 Å². The lowest BCUT2D eigenvalue weighted by Crippen LogP contribution is -2.80. The summed E-state index contributed by atoms with van der Waals surface area (Å²) in [6.07, 6.45) is 10.0. The van der Waals surface area contributed by atoms with Crippen LogP contribution in [0.4, 0.5) is 0 Å². The van der Waals surface area contributed by atoms with E-state index in [1.165, 1.54) is 30.5 Å². The number of benzene rings is 1. The molecule has 166 valence electrons. The van der Waals surface area contributed by atoms with E-state index in [0.717, 1.165) is 31.7 Å². The smallest absolute Gasteiger partial charge is 0.165 e. The second kappa shape index (κ2) is 5.49. The lowest BCUT2D eigenvalue weighted by molar-refractivity contribution is -0.245. The molecular weight excluding hydrogens is 390 g/mol. The van der Waals surface area contributed by atoms with Gasteiger partial charge in [-0.2, -0.15) is 0 Å². The number of nitrogens with zero attached hydrogens (tertiary/aromatic N) is 1. The monoisotopic (exact) mass is 423 g/mol. The van der Waals surface area contributed by atoms with E-state index in [2.05, 4.69) is 23.1 Å². The van der Waals surface area contributed by atoms with Crippen molar-refractivity contribution in [3.8, 4) is 11.5 Å². The summed E-state index contributed by atoms with van der Waals surface area (Å²) in [5, 5.41) is 22.1. The van der Waals surface area contributed by atoms with Crippen LogP contribution >= 0.6 is 0 Å². The maximum atomic E-state index is 11.3.